The zero-order valence-corrected chi connectivity index (χ0v) is 13.6. The fourth-order valence-corrected chi connectivity index (χ4v) is 2.96. The second-order valence-electron chi connectivity index (χ2n) is 4.97. The molecule has 2 heterocycles. The molecule has 0 fully saturated rings. The summed E-state index contributed by atoms with van der Waals surface area (Å²) >= 11 is 1.10. The Labute approximate surface area is 140 Å². The van der Waals surface area contributed by atoms with E-state index in [1.165, 1.54) is 6.20 Å². The van der Waals surface area contributed by atoms with Gasteiger partial charge in [-0.05, 0) is 19.1 Å². The molecule has 0 radical (unpaired) electrons. The van der Waals surface area contributed by atoms with Crippen LogP contribution in [0.25, 0.3) is 21.9 Å². The molecule has 0 unspecified atom stereocenters. The predicted octanol–water partition coefficient (Wildman–Crippen LogP) is 0.387. The first-order chi connectivity index (χ1) is 11.6. The lowest BCUT2D eigenvalue weighted by atomic mass is 10.1. The van der Waals surface area contributed by atoms with E-state index < -0.39 is 11.9 Å². The largest absolute Gasteiger partial charge is 0.550 e. The Bertz CT molecular complexity index is 924. The van der Waals surface area contributed by atoms with Crippen LogP contribution < -0.4 is 15.4 Å². The van der Waals surface area contributed by atoms with E-state index in [1.54, 1.807) is 19.1 Å². The van der Waals surface area contributed by atoms with E-state index in [-0.39, 0.29) is 19.6 Å². The summed E-state index contributed by atoms with van der Waals surface area (Å²) in [6.45, 7) is 2.09. The van der Waals surface area contributed by atoms with E-state index in [4.69, 9.17) is 4.74 Å². The number of nitrogens with zero attached hydrogens (tertiary/aromatic N) is 2. The quantitative estimate of drug-likeness (QED) is 0.641. The summed E-state index contributed by atoms with van der Waals surface area (Å²) in [5.74, 6) is -1.67. The highest BCUT2D eigenvalue weighted by molar-refractivity contribution is 7.00. The van der Waals surface area contributed by atoms with E-state index in [0.717, 1.165) is 17.2 Å². The van der Waals surface area contributed by atoms with Gasteiger partial charge in [0.25, 0.3) is 0 Å². The van der Waals surface area contributed by atoms with Gasteiger partial charge in [0.2, 0.25) is 5.52 Å². The first-order valence-corrected chi connectivity index (χ1v) is 8.05. The number of hydrogen-bond donors (Lipinski definition) is 1. The van der Waals surface area contributed by atoms with Gasteiger partial charge in [0.15, 0.2) is 11.7 Å². The molecular weight excluding hydrogens is 332 g/mol. The number of anilines is 1. The lowest BCUT2D eigenvalue weighted by Gasteiger charge is -2.12. The minimum atomic E-state index is -1.17. The fourth-order valence-electron chi connectivity index (χ4n) is 2.42. The summed E-state index contributed by atoms with van der Waals surface area (Å²) in [7, 11) is 0. The highest BCUT2D eigenvalue weighted by Gasteiger charge is 2.22. The van der Waals surface area contributed by atoms with Gasteiger partial charge in [-0.1, -0.05) is 0 Å². The monoisotopic (exact) mass is 346 g/mol. The summed E-state index contributed by atoms with van der Waals surface area (Å²) in [4.78, 5) is 25.9. The lowest BCUT2D eigenvalue weighted by molar-refractivity contribution is -0.343. The third-order valence-electron chi connectivity index (χ3n) is 3.45. The lowest BCUT2D eigenvalue weighted by Crippen LogP contribution is -2.25. The van der Waals surface area contributed by atoms with Crippen LogP contribution in [0.3, 0.4) is 0 Å². The van der Waals surface area contributed by atoms with Crippen LogP contribution in [0.15, 0.2) is 18.3 Å². The Hall–Kier alpha value is -2.81. The number of esters is 1. The van der Waals surface area contributed by atoms with E-state index in [0.29, 0.717) is 27.7 Å². The number of pyridine rings is 1. The summed E-state index contributed by atoms with van der Waals surface area (Å²) in [5.41, 5.74) is 2.94. The summed E-state index contributed by atoms with van der Waals surface area (Å²) in [5, 5.41) is 14.4. The highest BCUT2D eigenvalue weighted by atomic mass is 32.1. The number of aromatic nitrogens is 3. The SMILES string of the molecule is CCOC(=O)c1c[nH+]c2c(ccc3nsnc32)c1NCCC(=O)[O-]. The number of carbonyl (C=O) groups is 2. The number of hydrogen-bond acceptors (Lipinski definition) is 8. The van der Waals surface area contributed by atoms with Crippen molar-refractivity contribution >= 4 is 51.3 Å². The normalized spacial score (nSPS) is 10.9. The van der Waals surface area contributed by atoms with Gasteiger partial charge in [-0.2, -0.15) is 8.75 Å². The molecule has 8 nitrogen and oxygen atoms in total. The first-order valence-electron chi connectivity index (χ1n) is 7.32. The average Bonchev–Trinajstić information content (AvgIpc) is 3.03. The second kappa shape index (κ2) is 6.75. The van der Waals surface area contributed by atoms with Crippen LogP contribution in [-0.4, -0.2) is 33.8 Å². The number of carboxylic acid groups (broad SMARTS) is 1. The number of carbonyl (C=O) groups excluding carboxylic acids is 2. The Kier molecular flexibility index (Phi) is 4.52. The number of rotatable bonds is 6. The molecule has 0 aliphatic carbocycles. The molecule has 0 aliphatic rings. The molecule has 2 aromatic heterocycles. The van der Waals surface area contributed by atoms with Gasteiger partial charge in [0, 0.05) is 18.9 Å². The Morgan fingerprint density at radius 1 is 1.38 bits per heavy atom. The van der Waals surface area contributed by atoms with Crippen molar-refractivity contribution in [2.24, 2.45) is 0 Å². The molecule has 0 bridgehead atoms. The molecule has 124 valence electrons. The van der Waals surface area contributed by atoms with Crippen molar-refractivity contribution in [1.82, 2.24) is 8.75 Å². The molecule has 0 saturated carbocycles. The van der Waals surface area contributed by atoms with Gasteiger partial charge >= 0.3 is 5.97 Å². The maximum absolute atomic E-state index is 12.2. The number of ether oxygens (including phenoxy) is 1. The topological polar surface area (TPSA) is 118 Å². The zero-order valence-electron chi connectivity index (χ0n) is 12.8. The number of H-pyrrole nitrogens is 1. The van der Waals surface area contributed by atoms with Gasteiger partial charge in [0.1, 0.15) is 11.1 Å². The number of benzene rings is 1. The smallest absolute Gasteiger partial charge is 0.346 e. The maximum atomic E-state index is 12.2. The molecule has 0 atom stereocenters. The molecular formula is C15H14N4O4S. The van der Waals surface area contributed by atoms with Crippen molar-refractivity contribution < 1.29 is 24.4 Å². The zero-order chi connectivity index (χ0) is 17.1. The van der Waals surface area contributed by atoms with Crippen LogP contribution in [0.1, 0.15) is 23.7 Å². The third-order valence-corrected chi connectivity index (χ3v) is 4.00. The van der Waals surface area contributed by atoms with Crippen molar-refractivity contribution in [3.63, 3.8) is 0 Å². The van der Waals surface area contributed by atoms with Crippen LogP contribution in [0, 0.1) is 0 Å². The number of aliphatic carboxylic acids is 1. The Morgan fingerprint density at radius 2 is 2.21 bits per heavy atom. The molecule has 0 saturated heterocycles. The molecule has 0 amide bonds. The van der Waals surface area contributed by atoms with Crippen molar-refractivity contribution in [3.8, 4) is 0 Å². The molecule has 1 aromatic carbocycles. The van der Waals surface area contributed by atoms with Gasteiger partial charge in [-0.25, -0.2) is 9.78 Å². The van der Waals surface area contributed by atoms with Gasteiger partial charge in [-0.3, -0.25) is 0 Å². The molecule has 9 heteroatoms. The standard InChI is InChI=1S/C15H14N4O4S/c1-2-23-15(22)9-7-17-13-8(12(9)16-6-5-11(20)21)3-4-10-14(13)19-24-18-10/h3-4,7H,2,5-6H2,1H3,(H,16,17)(H,20,21). The van der Waals surface area contributed by atoms with Crippen molar-refractivity contribution in [3.05, 3.63) is 23.9 Å². The van der Waals surface area contributed by atoms with E-state index >= 15 is 0 Å². The van der Waals surface area contributed by atoms with Crippen LogP contribution in [0.4, 0.5) is 5.69 Å². The predicted molar refractivity (Wildman–Crippen MR) is 85.5 cm³/mol. The molecule has 24 heavy (non-hydrogen) atoms. The molecule has 0 aliphatic heterocycles. The number of carboxylic acids is 1. The highest BCUT2D eigenvalue weighted by Crippen LogP contribution is 2.29. The third kappa shape index (κ3) is 2.98. The summed E-state index contributed by atoms with van der Waals surface area (Å²) in [6, 6.07) is 3.60. The number of aromatic amines is 1. The van der Waals surface area contributed by atoms with Crippen LogP contribution in [0.2, 0.25) is 0 Å². The molecule has 3 rings (SSSR count). The van der Waals surface area contributed by atoms with Crippen molar-refractivity contribution in [2.45, 2.75) is 13.3 Å². The van der Waals surface area contributed by atoms with Gasteiger partial charge in [-0.15, -0.1) is 0 Å². The summed E-state index contributed by atoms with van der Waals surface area (Å²) < 4.78 is 13.5. The van der Waals surface area contributed by atoms with Gasteiger partial charge in [0.05, 0.1) is 29.4 Å². The fraction of sp³-hybridized carbons (Fsp3) is 0.267. The number of nitrogens with one attached hydrogen (secondary N) is 2. The van der Waals surface area contributed by atoms with E-state index in [2.05, 4.69) is 19.0 Å². The summed E-state index contributed by atoms with van der Waals surface area (Å²) in [6.07, 6.45) is 1.35. The Balaban J connectivity index is 2.13. The van der Waals surface area contributed by atoms with Crippen LogP contribution in [0.5, 0.6) is 0 Å². The van der Waals surface area contributed by atoms with Crippen LogP contribution in [-0.2, 0) is 9.53 Å². The van der Waals surface area contributed by atoms with Gasteiger partial charge < -0.3 is 20.0 Å². The minimum absolute atomic E-state index is 0.126. The molecule has 3 aromatic rings. The van der Waals surface area contributed by atoms with Crippen molar-refractivity contribution in [2.75, 3.05) is 18.5 Å². The number of fused-ring (bicyclic) bond motifs is 3. The second-order valence-corrected chi connectivity index (χ2v) is 5.50. The minimum Gasteiger partial charge on any atom is -0.550 e. The Morgan fingerprint density at radius 3 is 2.96 bits per heavy atom. The van der Waals surface area contributed by atoms with E-state index in [1.807, 2.05) is 0 Å². The average molecular weight is 346 g/mol. The maximum Gasteiger partial charge on any atom is 0.346 e. The van der Waals surface area contributed by atoms with Crippen LogP contribution >= 0.6 is 11.7 Å². The first kappa shape index (κ1) is 16.1. The molecule has 0 spiro atoms. The van der Waals surface area contributed by atoms with Crippen molar-refractivity contribution in [1.29, 1.82) is 0 Å². The molecule has 2 N–H and O–H groups in total. The van der Waals surface area contributed by atoms with E-state index in [9.17, 15) is 14.7 Å².